The van der Waals surface area contributed by atoms with E-state index in [1.54, 1.807) is 6.92 Å². The Labute approximate surface area is 147 Å². The van der Waals surface area contributed by atoms with Crippen LogP contribution in [-0.2, 0) is 6.54 Å². The molecule has 0 spiro atoms. The molecule has 2 aromatic heterocycles. The molecular formula is C17H15N3O4S. The molecule has 3 aromatic rings. The van der Waals surface area contributed by atoms with Gasteiger partial charge in [0.05, 0.1) is 5.39 Å². The fourth-order valence-electron chi connectivity index (χ4n) is 2.93. The summed E-state index contributed by atoms with van der Waals surface area (Å²) in [6.45, 7) is 2.64. The summed E-state index contributed by atoms with van der Waals surface area (Å²) >= 11 is 1.17. The summed E-state index contributed by atoms with van der Waals surface area (Å²) in [4.78, 5) is 23.0. The van der Waals surface area contributed by atoms with Gasteiger partial charge in [-0.2, -0.15) is 0 Å². The Morgan fingerprint density at radius 2 is 2.12 bits per heavy atom. The van der Waals surface area contributed by atoms with Gasteiger partial charge in [-0.3, -0.25) is 0 Å². The maximum absolute atomic E-state index is 11.4. The van der Waals surface area contributed by atoms with Gasteiger partial charge in [0.25, 0.3) is 0 Å². The van der Waals surface area contributed by atoms with Crippen molar-refractivity contribution in [3.05, 3.63) is 40.5 Å². The summed E-state index contributed by atoms with van der Waals surface area (Å²) in [5, 5.41) is 10.1. The van der Waals surface area contributed by atoms with E-state index in [1.807, 2.05) is 30.1 Å². The van der Waals surface area contributed by atoms with Crippen LogP contribution in [0.25, 0.3) is 10.2 Å². The molecule has 25 heavy (non-hydrogen) atoms. The van der Waals surface area contributed by atoms with Gasteiger partial charge in [-0.05, 0) is 30.2 Å². The molecule has 1 aliphatic rings. The Hall–Kier alpha value is -2.87. The highest BCUT2D eigenvalue weighted by molar-refractivity contribution is 7.20. The number of ether oxygens (including phenoxy) is 2. The summed E-state index contributed by atoms with van der Waals surface area (Å²) in [7, 11) is 1.92. The predicted molar refractivity (Wildman–Crippen MR) is 93.8 cm³/mol. The van der Waals surface area contributed by atoms with E-state index in [4.69, 9.17) is 9.47 Å². The Kier molecular flexibility index (Phi) is 3.69. The van der Waals surface area contributed by atoms with Crippen LogP contribution in [0.15, 0.2) is 24.5 Å². The number of carbonyl (C=O) groups is 1. The van der Waals surface area contributed by atoms with Crippen LogP contribution in [0.5, 0.6) is 11.5 Å². The SMILES string of the molecule is Cc1c(C(=O)O)sc2ncnc(N(C)Cc3ccc4c(c3)OCO4)c12. The summed E-state index contributed by atoms with van der Waals surface area (Å²) < 4.78 is 10.7. The normalized spacial score (nSPS) is 12.6. The van der Waals surface area contributed by atoms with Gasteiger partial charge in [0, 0.05) is 13.6 Å². The van der Waals surface area contributed by atoms with E-state index in [1.165, 1.54) is 17.7 Å². The molecule has 0 radical (unpaired) electrons. The zero-order valence-corrected chi connectivity index (χ0v) is 14.5. The molecule has 3 heterocycles. The molecule has 1 N–H and O–H groups in total. The predicted octanol–water partition coefficient (Wildman–Crippen LogP) is 3.06. The van der Waals surface area contributed by atoms with Crippen molar-refractivity contribution < 1.29 is 19.4 Å². The number of aryl methyl sites for hydroxylation is 1. The first-order valence-corrected chi connectivity index (χ1v) is 8.43. The molecule has 128 valence electrons. The second-order valence-corrected chi connectivity index (χ2v) is 6.78. The van der Waals surface area contributed by atoms with Gasteiger partial charge in [-0.25, -0.2) is 14.8 Å². The van der Waals surface area contributed by atoms with Crippen LogP contribution in [0.3, 0.4) is 0 Å². The van der Waals surface area contributed by atoms with Crippen molar-refractivity contribution in [1.29, 1.82) is 0 Å². The molecule has 7 nitrogen and oxygen atoms in total. The second-order valence-electron chi connectivity index (χ2n) is 5.78. The minimum atomic E-state index is -0.940. The highest BCUT2D eigenvalue weighted by atomic mass is 32.1. The van der Waals surface area contributed by atoms with Crippen LogP contribution in [0.1, 0.15) is 20.8 Å². The van der Waals surface area contributed by atoms with Crippen LogP contribution in [0, 0.1) is 6.92 Å². The van der Waals surface area contributed by atoms with Crippen molar-refractivity contribution in [3.8, 4) is 11.5 Å². The lowest BCUT2D eigenvalue weighted by Gasteiger charge is -2.19. The lowest BCUT2D eigenvalue weighted by molar-refractivity contribution is 0.0701. The minimum Gasteiger partial charge on any atom is -0.477 e. The fourth-order valence-corrected chi connectivity index (χ4v) is 3.92. The summed E-state index contributed by atoms with van der Waals surface area (Å²) in [5.41, 5.74) is 1.74. The summed E-state index contributed by atoms with van der Waals surface area (Å²) in [6, 6.07) is 5.81. The first-order chi connectivity index (χ1) is 12.0. The van der Waals surface area contributed by atoms with Gasteiger partial charge in [0.1, 0.15) is 21.9 Å². The molecule has 1 aliphatic heterocycles. The van der Waals surface area contributed by atoms with Gasteiger partial charge < -0.3 is 19.5 Å². The van der Waals surface area contributed by atoms with E-state index in [-0.39, 0.29) is 6.79 Å². The molecule has 0 amide bonds. The number of aromatic nitrogens is 2. The van der Waals surface area contributed by atoms with E-state index in [2.05, 4.69) is 9.97 Å². The van der Waals surface area contributed by atoms with Crippen molar-refractivity contribution in [2.75, 3.05) is 18.7 Å². The Morgan fingerprint density at radius 1 is 1.32 bits per heavy atom. The van der Waals surface area contributed by atoms with Crippen molar-refractivity contribution in [2.24, 2.45) is 0 Å². The molecule has 4 rings (SSSR count). The van der Waals surface area contributed by atoms with Crippen molar-refractivity contribution in [2.45, 2.75) is 13.5 Å². The number of carboxylic acids is 1. The molecular weight excluding hydrogens is 342 g/mol. The number of rotatable bonds is 4. The van der Waals surface area contributed by atoms with Gasteiger partial charge >= 0.3 is 5.97 Å². The Morgan fingerprint density at radius 3 is 2.92 bits per heavy atom. The standard InChI is InChI=1S/C17H15N3O4S/c1-9-13-15(18-7-19-16(13)25-14(9)17(21)22)20(2)6-10-3-4-11-12(5-10)24-8-23-11/h3-5,7H,6,8H2,1-2H3,(H,21,22). The zero-order valence-electron chi connectivity index (χ0n) is 13.6. The molecule has 0 aliphatic carbocycles. The number of benzene rings is 1. The lowest BCUT2D eigenvalue weighted by atomic mass is 10.1. The maximum Gasteiger partial charge on any atom is 0.346 e. The van der Waals surface area contributed by atoms with Crippen molar-refractivity contribution in [1.82, 2.24) is 9.97 Å². The zero-order chi connectivity index (χ0) is 17.6. The van der Waals surface area contributed by atoms with Gasteiger partial charge in [0.15, 0.2) is 11.5 Å². The molecule has 1 aromatic carbocycles. The number of hydrogen-bond acceptors (Lipinski definition) is 7. The third-order valence-corrected chi connectivity index (χ3v) is 5.31. The number of anilines is 1. The van der Waals surface area contributed by atoms with E-state index < -0.39 is 5.97 Å². The number of fused-ring (bicyclic) bond motifs is 2. The van der Waals surface area contributed by atoms with Gasteiger partial charge in [-0.1, -0.05) is 6.07 Å². The molecule has 0 bridgehead atoms. The number of thiophene rings is 1. The van der Waals surface area contributed by atoms with Crippen LogP contribution in [0.4, 0.5) is 5.82 Å². The number of aromatic carboxylic acids is 1. The van der Waals surface area contributed by atoms with E-state index in [9.17, 15) is 9.90 Å². The first kappa shape index (κ1) is 15.6. The fraction of sp³-hybridized carbons (Fsp3) is 0.235. The number of hydrogen-bond donors (Lipinski definition) is 1. The van der Waals surface area contributed by atoms with E-state index in [0.29, 0.717) is 27.6 Å². The Bertz CT molecular complexity index is 985. The van der Waals surface area contributed by atoms with Crippen molar-refractivity contribution >= 4 is 33.3 Å². The van der Waals surface area contributed by atoms with Crippen LogP contribution >= 0.6 is 11.3 Å². The summed E-state index contributed by atoms with van der Waals surface area (Å²) in [5.74, 6) is 1.25. The summed E-state index contributed by atoms with van der Waals surface area (Å²) in [6.07, 6.45) is 1.47. The maximum atomic E-state index is 11.4. The molecule has 0 atom stereocenters. The second kappa shape index (κ2) is 5.89. The average molecular weight is 357 g/mol. The number of carboxylic acid groups (broad SMARTS) is 1. The average Bonchev–Trinajstić information content (AvgIpc) is 3.19. The smallest absolute Gasteiger partial charge is 0.346 e. The van der Waals surface area contributed by atoms with Crippen LogP contribution < -0.4 is 14.4 Å². The highest BCUT2D eigenvalue weighted by Crippen LogP contribution is 2.36. The molecule has 8 heteroatoms. The monoisotopic (exact) mass is 357 g/mol. The largest absolute Gasteiger partial charge is 0.477 e. The lowest BCUT2D eigenvalue weighted by Crippen LogP contribution is -2.18. The van der Waals surface area contributed by atoms with Crippen LogP contribution in [0.2, 0.25) is 0 Å². The van der Waals surface area contributed by atoms with Crippen molar-refractivity contribution in [3.63, 3.8) is 0 Å². The highest BCUT2D eigenvalue weighted by Gasteiger charge is 2.21. The quantitative estimate of drug-likeness (QED) is 0.768. The van der Waals surface area contributed by atoms with E-state index >= 15 is 0 Å². The van der Waals surface area contributed by atoms with Gasteiger partial charge in [-0.15, -0.1) is 11.3 Å². The van der Waals surface area contributed by atoms with Gasteiger partial charge in [0.2, 0.25) is 6.79 Å². The number of nitrogens with zero attached hydrogens (tertiary/aromatic N) is 3. The topological polar surface area (TPSA) is 84.8 Å². The first-order valence-electron chi connectivity index (χ1n) is 7.61. The van der Waals surface area contributed by atoms with Crippen LogP contribution in [-0.4, -0.2) is 34.9 Å². The third-order valence-electron chi connectivity index (χ3n) is 4.12. The molecule has 0 unspecified atom stereocenters. The third kappa shape index (κ3) is 2.64. The molecule has 0 fully saturated rings. The molecule has 0 saturated heterocycles. The van der Waals surface area contributed by atoms with E-state index in [0.717, 1.165) is 22.4 Å². The Balaban J connectivity index is 1.70. The molecule has 0 saturated carbocycles. The minimum absolute atomic E-state index is 0.243.